The van der Waals surface area contributed by atoms with Crippen molar-refractivity contribution in [2.45, 2.75) is 0 Å². The number of nitrogens with zero attached hydrogens (tertiary/aromatic N) is 1. The topological polar surface area (TPSA) is 96.1 Å². The van der Waals surface area contributed by atoms with Crippen LogP contribution in [0.15, 0.2) is 22.6 Å². The summed E-state index contributed by atoms with van der Waals surface area (Å²) < 4.78 is 0.489. The Morgan fingerprint density at radius 2 is 2.43 bits per heavy atom. The molecule has 0 saturated carbocycles. The Morgan fingerprint density at radius 1 is 1.71 bits per heavy atom. The molecule has 14 heavy (non-hydrogen) atoms. The molecule has 0 aromatic carbocycles. The van der Waals surface area contributed by atoms with Crippen LogP contribution in [0.1, 0.15) is 0 Å². The van der Waals surface area contributed by atoms with Crippen molar-refractivity contribution < 1.29 is 9.83 Å². The van der Waals surface area contributed by atoms with Crippen LogP contribution < -0.4 is 5.43 Å². The molecule has 0 aromatic rings. The number of carbonyl (C=O) groups excluding carboxylic acids is 1. The first-order chi connectivity index (χ1) is 6.65. The molecule has 0 radical (unpaired) electrons. The van der Waals surface area contributed by atoms with Crippen LogP contribution in [0.25, 0.3) is 0 Å². The number of hydrogen-bond acceptors (Lipinski definition) is 4. The van der Waals surface area contributed by atoms with Gasteiger partial charge in [-0.1, -0.05) is 0 Å². The van der Waals surface area contributed by atoms with Crippen LogP contribution in [-0.2, 0) is 4.79 Å². The Morgan fingerprint density at radius 3 is 3.00 bits per heavy atom. The second-order valence-corrected chi connectivity index (χ2v) is 5.17. The number of allylic oxidation sites excluding steroid dienone is 2. The third-order valence-electron chi connectivity index (χ3n) is 1.56. The Balaban J connectivity index is 2.87. The first-order valence-electron chi connectivity index (χ1n) is 3.69. The van der Waals surface area contributed by atoms with Gasteiger partial charge in [-0.3, -0.25) is 0 Å². The van der Waals surface area contributed by atoms with Crippen LogP contribution in [0.2, 0.25) is 0 Å². The van der Waals surface area contributed by atoms with Crippen molar-refractivity contribution in [3.05, 3.63) is 32.7 Å². The van der Waals surface area contributed by atoms with E-state index < -0.39 is 20.0 Å². The molecule has 0 atom stereocenters. The molecular formula is C7H7GeN3O3. The summed E-state index contributed by atoms with van der Waals surface area (Å²) in [6.07, 6.45) is 3.92. The number of hydrogen-bond donors (Lipinski definition) is 2. The second-order valence-electron chi connectivity index (χ2n) is 2.45. The van der Waals surface area contributed by atoms with E-state index in [0.717, 1.165) is 0 Å². The Kier molecular flexibility index (Phi) is 3.46. The molecule has 0 amide bonds. The number of amidine groups is 1. The quantitative estimate of drug-likeness (QED) is 0.169. The van der Waals surface area contributed by atoms with E-state index in [1.165, 1.54) is 0 Å². The van der Waals surface area contributed by atoms with E-state index in [0.29, 0.717) is 16.2 Å². The van der Waals surface area contributed by atoms with Crippen molar-refractivity contribution in [3.63, 3.8) is 0 Å². The number of rotatable bonds is 3. The van der Waals surface area contributed by atoms with E-state index in [1.807, 2.05) is 4.91 Å². The van der Waals surface area contributed by atoms with Gasteiger partial charge in [-0.05, 0) is 0 Å². The standard InChI is InChI=1S/C7H7GeN3O3/c9-7(10-11(13)14)6-5(4-12)2-1-3-8-6/h1-4,8H,(H2,9,10). The molecule has 2 N–H and O–H groups in total. The fourth-order valence-corrected chi connectivity index (χ4v) is 3.08. The van der Waals surface area contributed by atoms with Gasteiger partial charge in [0.05, 0.1) is 0 Å². The van der Waals surface area contributed by atoms with Gasteiger partial charge in [-0.25, -0.2) is 0 Å². The Hall–Kier alpha value is -1.57. The molecule has 6 nitrogen and oxygen atoms in total. The summed E-state index contributed by atoms with van der Waals surface area (Å²) >= 11 is -1.04. The minimum atomic E-state index is -1.04. The number of nitrogens with one attached hydrogen (secondary N) is 2. The third kappa shape index (κ3) is 2.46. The average Bonchev–Trinajstić information content (AvgIpc) is 2.16. The monoisotopic (exact) mass is 255 g/mol. The zero-order valence-corrected chi connectivity index (χ0v) is 9.48. The van der Waals surface area contributed by atoms with Gasteiger partial charge in [0.15, 0.2) is 0 Å². The van der Waals surface area contributed by atoms with Gasteiger partial charge in [-0.2, -0.15) is 0 Å². The summed E-state index contributed by atoms with van der Waals surface area (Å²) in [5, 5.41) is 16.6. The van der Waals surface area contributed by atoms with Crippen molar-refractivity contribution in [3.8, 4) is 0 Å². The molecule has 0 aliphatic carbocycles. The van der Waals surface area contributed by atoms with Crippen LogP contribution >= 0.6 is 0 Å². The first-order valence-corrected chi connectivity index (χ1v) is 6.30. The molecule has 7 heteroatoms. The Bertz CT molecular complexity index is 384. The van der Waals surface area contributed by atoms with E-state index in [4.69, 9.17) is 5.41 Å². The van der Waals surface area contributed by atoms with Gasteiger partial charge in [0.25, 0.3) is 0 Å². The second kappa shape index (κ2) is 4.61. The van der Waals surface area contributed by atoms with E-state index in [-0.39, 0.29) is 5.84 Å². The molecule has 0 spiro atoms. The summed E-state index contributed by atoms with van der Waals surface area (Å²) in [6, 6.07) is 0. The predicted molar refractivity (Wildman–Crippen MR) is 53.3 cm³/mol. The maximum absolute atomic E-state index is 10.6. The van der Waals surface area contributed by atoms with E-state index in [1.54, 1.807) is 17.6 Å². The molecule has 0 unspecified atom stereocenters. The van der Waals surface area contributed by atoms with E-state index in [2.05, 4.69) is 0 Å². The molecule has 1 aliphatic rings. The SMILES string of the molecule is N=C(N[N+](=O)[O-])[C]1=[GeH][CH]=CC=C1C=O. The summed E-state index contributed by atoms with van der Waals surface area (Å²) in [5.41, 5.74) is 2.12. The number of hydrazine groups is 1. The fraction of sp³-hybridized carbons (Fsp3) is 0. The minimum absolute atomic E-state index is 0.280. The summed E-state index contributed by atoms with van der Waals surface area (Å²) in [5.74, 6) is -0.280. The third-order valence-corrected chi connectivity index (χ3v) is 4.43. The summed E-state index contributed by atoms with van der Waals surface area (Å²) in [6.45, 7) is 0. The molecule has 0 fully saturated rings. The molecule has 0 saturated heterocycles. The number of aldehydes is 1. The Labute approximate surface area is 85.3 Å². The van der Waals surface area contributed by atoms with Crippen molar-refractivity contribution in [2.24, 2.45) is 0 Å². The van der Waals surface area contributed by atoms with E-state index in [9.17, 15) is 14.9 Å². The molecule has 1 heterocycles. The normalized spacial score (nSPS) is 14.0. The van der Waals surface area contributed by atoms with Gasteiger partial charge >= 0.3 is 84.9 Å². The zero-order valence-electron chi connectivity index (χ0n) is 7.06. The number of carbonyl (C=O) groups is 1. The van der Waals surface area contributed by atoms with Gasteiger partial charge in [0.2, 0.25) is 0 Å². The number of nitro groups is 1. The van der Waals surface area contributed by atoms with Crippen LogP contribution in [0.3, 0.4) is 0 Å². The molecular weight excluding hydrogens is 247 g/mol. The van der Waals surface area contributed by atoms with Crippen molar-refractivity contribution in [1.82, 2.24) is 5.43 Å². The molecule has 1 aliphatic heterocycles. The predicted octanol–water partition coefficient (Wildman–Crippen LogP) is -0.994. The maximum atomic E-state index is 10.6. The van der Waals surface area contributed by atoms with Gasteiger partial charge in [0.1, 0.15) is 0 Å². The first kappa shape index (κ1) is 10.5. The summed E-state index contributed by atoms with van der Waals surface area (Å²) in [4.78, 5) is 22.5. The van der Waals surface area contributed by atoms with Crippen molar-refractivity contribution in [1.29, 1.82) is 5.41 Å². The zero-order chi connectivity index (χ0) is 10.6. The van der Waals surface area contributed by atoms with Crippen LogP contribution in [0.5, 0.6) is 0 Å². The van der Waals surface area contributed by atoms with Crippen LogP contribution in [-0.4, -0.2) is 36.5 Å². The van der Waals surface area contributed by atoms with Crippen molar-refractivity contribution in [2.75, 3.05) is 0 Å². The van der Waals surface area contributed by atoms with Crippen molar-refractivity contribution >= 4 is 31.5 Å². The van der Waals surface area contributed by atoms with Gasteiger partial charge in [0, 0.05) is 0 Å². The van der Waals surface area contributed by atoms with E-state index >= 15 is 0 Å². The molecule has 0 bridgehead atoms. The van der Waals surface area contributed by atoms with Gasteiger partial charge < -0.3 is 0 Å². The molecule has 72 valence electrons. The molecule has 1 rings (SSSR count). The molecule has 0 aromatic heterocycles. The van der Waals surface area contributed by atoms with Gasteiger partial charge in [-0.15, -0.1) is 0 Å². The summed E-state index contributed by atoms with van der Waals surface area (Å²) in [7, 11) is 0. The van der Waals surface area contributed by atoms with Crippen LogP contribution in [0.4, 0.5) is 0 Å². The van der Waals surface area contributed by atoms with Crippen LogP contribution in [0, 0.1) is 15.5 Å². The average molecular weight is 254 g/mol. The fourth-order valence-electron chi connectivity index (χ4n) is 0.979.